The van der Waals surface area contributed by atoms with E-state index in [2.05, 4.69) is 5.16 Å². The highest BCUT2D eigenvalue weighted by molar-refractivity contribution is 7.93. The summed E-state index contributed by atoms with van der Waals surface area (Å²) in [4.78, 5) is 30.7. The number of hydrogen-bond acceptors (Lipinski definition) is 6. The molecule has 3 aliphatic rings. The maximum Gasteiger partial charge on any atom is 0.328 e. The highest BCUT2D eigenvalue weighted by atomic mass is 32.2. The van der Waals surface area contributed by atoms with Crippen LogP contribution in [0.3, 0.4) is 0 Å². The highest BCUT2D eigenvalue weighted by Crippen LogP contribution is 2.50. The van der Waals surface area contributed by atoms with Crippen molar-refractivity contribution in [3.8, 4) is 0 Å². The minimum Gasteiger partial charge on any atom is -0.480 e. The number of β-lactam (4-membered cyclic amide) rings is 1. The van der Waals surface area contributed by atoms with Gasteiger partial charge >= 0.3 is 5.97 Å². The van der Waals surface area contributed by atoms with Crippen molar-refractivity contribution in [2.24, 2.45) is 11.1 Å². The van der Waals surface area contributed by atoms with E-state index in [0.717, 1.165) is 21.7 Å². The van der Waals surface area contributed by atoms with Crippen LogP contribution in [-0.4, -0.2) is 58.3 Å². The van der Waals surface area contributed by atoms with E-state index in [1.54, 1.807) is 0 Å². The number of benzene rings is 1. The zero-order valence-electron chi connectivity index (χ0n) is 15.8. The van der Waals surface area contributed by atoms with Crippen LogP contribution in [0.25, 0.3) is 0 Å². The fourth-order valence-electron chi connectivity index (χ4n) is 4.38. The standard InChI is InChI=1S/C19H22N2O6S/c1-10-4-6-11(7-5-10)14-9-12(27-20-14)8-13-16(22)21-15(18(23)24)19(2,3)28(25,26)17(13)21/h4-7,12-13,15,17H,8-9H2,1-3H3,(H,23,24)/t12-,13-,15+,17-/m1/s1. The van der Waals surface area contributed by atoms with E-state index in [1.807, 2.05) is 31.2 Å². The van der Waals surface area contributed by atoms with Crippen LogP contribution < -0.4 is 0 Å². The Morgan fingerprint density at radius 1 is 1.32 bits per heavy atom. The maximum atomic E-state index is 12.9. The minimum atomic E-state index is -3.82. The summed E-state index contributed by atoms with van der Waals surface area (Å²) in [7, 11) is -3.82. The normalized spacial score (nSPS) is 32.3. The zero-order valence-corrected chi connectivity index (χ0v) is 16.6. The Balaban J connectivity index is 1.50. The van der Waals surface area contributed by atoms with Crippen LogP contribution in [0.5, 0.6) is 0 Å². The molecule has 0 radical (unpaired) electrons. The molecule has 1 aromatic carbocycles. The number of nitrogens with zero attached hydrogens (tertiary/aromatic N) is 2. The summed E-state index contributed by atoms with van der Waals surface area (Å²) in [5.41, 5.74) is 2.81. The van der Waals surface area contributed by atoms with Gasteiger partial charge in [0.25, 0.3) is 0 Å². The second-order valence-electron chi connectivity index (χ2n) is 8.20. The van der Waals surface area contributed by atoms with Gasteiger partial charge in [0.05, 0.1) is 16.4 Å². The lowest BCUT2D eigenvalue weighted by Crippen LogP contribution is -2.64. The Morgan fingerprint density at radius 3 is 2.57 bits per heavy atom. The number of carbonyl (C=O) groups excluding carboxylic acids is 1. The van der Waals surface area contributed by atoms with Crippen LogP contribution >= 0.6 is 0 Å². The van der Waals surface area contributed by atoms with Gasteiger partial charge in [0, 0.05) is 12.8 Å². The van der Waals surface area contributed by atoms with Gasteiger partial charge in [-0.1, -0.05) is 35.0 Å². The van der Waals surface area contributed by atoms with Crippen molar-refractivity contribution in [1.29, 1.82) is 0 Å². The van der Waals surface area contributed by atoms with E-state index < -0.39 is 49.9 Å². The lowest BCUT2D eigenvalue weighted by atomic mass is 9.86. The van der Waals surface area contributed by atoms with Gasteiger partial charge in [-0.05, 0) is 26.3 Å². The molecular weight excluding hydrogens is 384 g/mol. The fourth-order valence-corrected chi connectivity index (χ4v) is 6.71. The largest absolute Gasteiger partial charge is 0.480 e. The van der Waals surface area contributed by atoms with Gasteiger partial charge in [-0.2, -0.15) is 0 Å². The van der Waals surface area contributed by atoms with Gasteiger partial charge in [0.15, 0.2) is 9.84 Å². The van der Waals surface area contributed by atoms with Crippen molar-refractivity contribution >= 4 is 27.4 Å². The molecule has 0 saturated carbocycles. The molecule has 0 bridgehead atoms. The number of aliphatic carboxylic acids is 1. The molecule has 1 N–H and O–H groups in total. The Labute approximate surface area is 163 Å². The first-order valence-electron chi connectivity index (χ1n) is 9.14. The molecule has 1 amide bonds. The van der Waals surface area contributed by atoms with Crippen LogP contribution in [-0.2, 0) is 24.3 Å². The second kappa shape index (κ2) is 6.04. The fraction of sp³-hybridized carbons (Fsp3) is 0.526. The molecule has 0 spiro atoms. The number of hydrogen-bond donors (Lipinski definition) is 1. The molecule has 2 saturated heterocycles. The summed E-state index contributed by atoms with van der Waals surface area (Å²) >= 11 is 0. The average molecular weight is 406 g/mol. The van der Waals surface area contributed by atoms with Crippen molar-refractivity contribution in [3.63, 3.8) is 0 Å². The molecule has 0 aromatic heterocycles. The number of sulfone groups is 1. The van der Waals surface area contributed by atoms with Crippen LogP contribution in [0.4, 0.5) is 0 Å². The van der Waals surface area contributed by atoms with Crippen molar-refractivity contribution in [3.05, 3.63) is 35.4 Å². The van der Waals surface area contributed by atoms with Crippen molar-refractivity contribution in [1.82, 2.24) is 4.90 Å². The van der Waals surface area contributed by atoms with Crippen LogP contribution in [0.1, 0.15) is 37.8 Å². The third-order valence-corrected chi connectivity index (χ3v) is 8.93. The number of carboxylic acid groups (broad SMARTS) is 1. The SMILES string of the molecule is Cc1ccc(C2=NO[C@H](C[C@@H]3C(=O)N4[C@@H](C(=O)O)C(C)(C)S(=O)(=O)[C@H]34)C2)cc1. The van der Waals surface area contributed by atoms with Gasteiger partial charge in [-0.15, -0.1) is 0 Å². The van der Waals surface area contributed by atoms with Gasteiger partial charge in [0.1, 0.15) is 17.5 Å². The summed E-state index contributed by atoms with van der Waals surface area (Å²) in [5, 5.41) is 12.5. The molecule has 0 aliphatic carbocycles. The van der Waals surface area contributed by atoms with Gasteiger partial charge in [-0.25, -0.2) is 13.2 Å². The molecule has 28 heavy (non-hydrogen) atoms. The second-order valence-corrected chi connectivity index (χ2v) is 10.8. The maximum absolute atomic E-state index is 12.9. The average Bonchev–Trinajstić information content (AvgIpc) is 3.13. The first-order chi connectivity index (χ1) is 13.1. The first-order valence-corrected chi connectivity index (χ1v) is 10.7. The molecule has 2 fully saturated rings. The smallest absolute Gasteiger partial charge is 0.328 e. The molecule has 150 valence electrons. The number of oxime groups is 1. The van der Waals surface area contributed by atoms with E-state index in [0.29, 0.717) is 6.42 Å². The predicted molar refractivity (Wildman–Crippen MR) is 100 cm³/mol. The third kappa shape index (κ3) is 2.48. The molecule has 0 unspecified atom stereocenters. The van der Waals surface area contributed by atoms with E-state index >= 15 is 0 Å². The van der Waals surface area contributed by atoms with Crippen molar-refractivity contribution < 1.29 is 28.0 Å². The van der Waals surface area contributed by atoms with Crippen LogP contribution in [0, 0.1) is 12.8 Å². The van der Waals surface area contributed by atoms with Crippen molar-refractivity contribution in [2.75, 3.05) is 0 Å². The van der Waals surface area contributed by atoms with Crippen LogP contribution in [0.2, 0.25) is 0 Å². The molecular formula is C19H22N2O6S. The van der Waals surface area contributed by atoms with Crippen LogP contribution in [0.15, 0.2) is 29.4 Å². The Morgan fingerprint density at radius 2 is 1.96 bits per heavy atom. The van der Waals surface area contributed by atoms with Crippen molar-refractivity contribution in [2.45, 2.75) is 55.9 Å². The number of aryl methyl sites for hydroxylation is 1. The molecule has 3 aliphatic heterocycles. The number of amides is 1. The molecule has 4 atom stereocenters. The van der Waals surface area contributed by atoms with Gasteiger partial charge in [-0.3, -0.25) is 4.79 Å². The first kappa shape index (κ1) is 18.9. The third-order valence-electron chi connectivity index (χ3n) is 6.05. The number of carboxylic acids is 1. The lowest BCUT2D eigenvalue weighted by molar-refractivity contribution is -0.165. The van der Waals surface area contributed by atoms with E-state index in [1.165, 1.54) is 13.8 Å². The van der Waals surface area contributed by atoms with E-state index in [-0.39, 0.29) is 6.42 Å². The molecule has 4 rings (SSSR count). The summed E-state index contributed by atoms with van der Waals surface area (Å²) < 4.78 is 24.3. The predicted octanol–water partition coefficient (Wildman–Crippen LogP) is 1.32. The molecule has 3 heterocycles. The Kier molecular flexibility index (Phi) is 4.08. The summed E-state index contributed by atoms with van der Waals surface area (Å²) in [6.07, 6.45) is 0.265. The Bertz CT molecular complexity index is 982. The minimum absolute atomic E-state index is 0.195. The van der Waals surface area contributed by atoms with Gasteiger partial charge < -0.3 is 14.8 Å². The Hall–Kier alpha value is -2.42. The molecule has 9 heteroatoms. The van der Waals surface area contributed by atoms with E-state index in [4.69, 9.17) is 4.84 Å². The van der Waals surface area contributed by atoms with Gasteiger partial charge in [0.2, 0.25) is 5.91 Å². The number of fused-ring (bicyclic) bond motifs is 1. The van der Waals surface area contributed by atoms with E-state index in [9.17, 15) is 23.1 Å². The quantitative estimate of drug-likeness (QED) is 0.755. The summed E-state index contributed by atoms with van der Waals surface area (Å²) in [6, 6.07) is 6.46. The summed E-state index contributed by atoms with van der Waals surface area (Å²) in [5.74, 6) is -2.55. The molecule has 8 nitrogen and oxygen atoms in total. The zero-order chi connectivity index (χ0) is 20.4. The number of carbonyl (C=O) groups is 2. The molecule has 1 aromatic rings. The monoisotopic (exact) mass is 406 g/mol. The topological polar surface area (TPSA) is 113 Å². The number of rotatable bonds is 4. The highest BCUT2D eigenvalue weighted by Gasteiger charge is 2.72. The lowest BCUT2D eigenvalue weighted by Gasteiger charge is -2.43. The summed E-state index contributed by atoms with van der Waals surface area (Å²) in [6.45, 7) is 4.73.